The topological polar surface area (TPSA) is 0 Å². The summed E-state index contributed by atoms with van der Waals surface area (Å²) in [6.07, 6.45) is 7.47. The fourth-order valence-corrected chi connectivity index (χ4v) is 3.94. The van der Waals surface area contributed by atoms with E-state index in [1.54, 1.807) is 19.3 Å². The van der Waals surface area contributed by atoms with E-state index in [0.29, 0.717) is 0 Å². The van der Waals surface area contributed by atoms with Crippen LogP contribution in [0.5, 0.6) is 0 Å². The maximum Gasteiger partial charge on any atom is 0.0168 e. The van der Waals surface area contributed by atoms with Crippen molar-refractivity contribution >= 4 is 11.8 Å². The lowest BCUT2D eigenvalue weighted by Gasteiger charge is -2.61. The first-order valence-electron chi connectivity index (χ1n) is 4.49. The first-order valence-corrected chi connectivity index (χ1v) is 5.47. The quantitative estimate of drug-likeness (QED) is 0.564. The summed E-state index contributed by atoms with van der Waals surface area (Å²) in [7, 11) is 0. The van der Waals surface area contributed by atoms with Gasteiger partial charge in [0, 0.05) is 4.75 Å². The Labute approximate surface area is 67.8 Å². The van der Waals surface area contributed by atoms with Crippen LogP contribution in [0.15, 0.2) is 0 Å². The van der Waals surface area contributed by atoms with Crippen molar-refractivity contribution < 1.29 is 0 Å². The molecule has 0 radical (unpaired) electrons. The van der Waals surface area contributed by atoms with Crippen LogP contribution >= 0.6 is 11.8 Å². The molecule has 0 unspecified atom stereocenters. The molecule has 3 fully saturated rings. The Bertz CT molecular complexity index is 114. The van der Waals surface area contributed by atoms with Crippen molar-refractivity contribution in [2.24, 2.45) is 5.92 Å². The number of unbranched alkanes of at least 4 members (excludes halogenated alkanes) is 1. The number of thioether (sulfide) groups is 1. The Morgan fingerprint density at radius 2 is 2.10 bits per heavy atom. The zero-order valence-corrected chi connectivity index (χ0v) is 7.54. The van der Waals surface area contributed by atoms with E-state index in [0.717, 1.165) is 10.7 Å². The van der Waals surface area contributed by atoms with Gasteiger partial charge in [-0.1, -0.05) is 13.3 Å². The number of hydrogen-bond acceptors (Lipinski definition) is 1. The Morgan fingerprint density at radius 3 is 2.50 bits per heavy atom. The molecule has 0 heterocycles. The van der Waals surface area contributed by atoms with Gasteiger partial charge >= 0.3 is 0 Å². The van der Waals surface area contributed by atoms with Crippen molar-refractivity contribution in [2.75, 3.05) is 5.75 Å². The molecule has 1 heteroatoms. The maximum absolute atomic E-state index is 2.28. The number of hydrogen-bond donors (Lipinski definition) is 0. The van der Waals surface area contributed by atoms with E-state index >= 15 is 0 Å². The lowest BCUT2D eigenvalue weighted by molar-refractivity contribution is 0.0580. The molecule has 10 heavy (non-hydrogen) atoms. The molecular weight excluding hydrogens is 140 g/mol. The molecule has 3 aliphatic carbocycles. The highest BCUT2D eigenvalue weighted by molar-refractivity contribution is 8.00. The van der Waals surface area contributed by atoms with E-state index in [4.69, 9.17) is 0 Å². The summed E-state index contributed by atoms with van der Waals surface area (Å²) in [6.45, 7) is 2.28. The molecule has 0 amide bonds. The molecule has 0 aromatic heterocycles. The van der Waals surface area contributed by atoms with Gasteiger partial charge in [0.25, 0.3) is 0 Å². The van der Waals surface area contributed by atoms with E-state index in [2.05, 4.69) is 18.7 Å². The molecule has 0 spiro atoms. The van der Waals surface area contributed by atoms with Gasteiger partial charge in [0.1, 0.15) is 0 Å². The zero-order valence-electron chi connectivity index (χ0n) is 6.73. The third-order valence-corrected chi connectivity index (χ3v) is 4.49. The predicted molar refractivity (Wildman–Crippen MR) is 47.4 cm³/mol. The standard InChI is InChI=1S/C9H16S/c1-2-3-4-10-9-5-8(6-9)7-9/h8H,2-7H2,1H3. The fourth-order valence-electron chi connectivity index (χ4n) is 2.01. The van der Waals surface area contributed by atoms with E-state index in [-0.39, 0.29) is 0 Å². The molecule has 0 N–H and O–H groups in total. The zero-order chi connectivity index (χ0) is 7.03. The summed E-state index contributed by atoms with van der Waals surface area (Å²) in [6, 6.07) is 0. The van der Waals surface area contributed by atoms with Crippen molar-refractivity contribution in [3.63, 3.8) is 0 Å². The summed E-state index contributed by atoms with van der Waals surface area (Å²) in [5, 5.41) is 0. The minimum atomic E-state index is 0.833. The van der Waals surface area contributed by atoms with Crippen LogP contribution in [0.25, 0.3) is 0 Å². The third kappa shape index (κ3) is 0.990. The highest BCUT2D eigenvalue weighted by atomic mass is 32.2. The number of rotatable bonds is 4. The Kier molecular flexibility index (Phi) is 1.71. The maximum atomic E-state index is 2.28. The van der Waals surface area contributed by atoms with Crippen molar-refractivity contribution in [1.29, 1.82) is 0 Å². The molecule has 3 saturated carbocycles. The molecule has 0 atom stereocenters. The van der Waals surface area contributed by atoms with Crippen molar-refractivity contribution in [3.8, 4) is 0 Å². The highest BCUT2D eigenvalue weighted by Gasteiger charge is 2.56. The summed E-state index contributed by atoms with van der Waals surface area (Å²) in [5.74, 6) is 2.58. The molecule has 0 saturated heterocycles. The second-order valence-corrected chi connectivity index (χ2v) is 5.43. The second kappa shape index (κ2) is 2.44. The van der Waals surface area contributed by atoms with Gasteiger partial charge in [0.15, 0.2) is 0 Å². The van der Waals surface area contributed by atoms with Gasteiger partial charge in [-0.05, 0) is 37.4 Å². The van der Waals surface area contributed by atoms with Crippen LogP contribution in [0.1, 0.15) is 39.0 Å². The van der Waals surface area contributed by atoms with Crippen LogP contribution < -0.4 is 0 Å². The van der Waals surface area contributed by atoms with E-state index in [1.807, 2.05) is 0 Å². The second-order valence-electron chi connectivity index (χ2n) is 3.86. The first-order chi connectivity index (χ1) is 4.85. The molecule has 0 aliphatic heterocycles. The minimum absolute atomic E-state index is 0.833. The molecule has 3 aliphatic rings. The summed E-state index contributed by atoms with van der Waals surface area (Å²) in [5.41, 5.74) is 0. The van der Waals surface area contributed by atoms with Crippen LogP contribution in [-0.4, -0.2) is 10.5 Å². The minimum Gasteiger partial charge on any atom is -0.155 e. The molecule has 2 bridgehead atoms. The van der Waals surface area contributed by atoms with E-state index in [9.17, 15) is 0 Å². The Balaban J connectivity index is 1.62. The molecule has 58 valence electrons. The molecule has 0 nitrogen and oxygen atoms in total. The smallest absolute Gasteiger partial charge is 0.0168 e. The van der Waals surface area contributed by atoms with Gasteiger partial charge in [0.2, 0.25) is 0 Å². The molecule has 3 rings (SSSR count). The van der Waals surface area contributed by atoms with Gasteiger partial charge in [-0.25, -0.2) is 0 Å². The normalized spacial score (nSPS) is 42.3. The van der Waals surface area contributed by atoms with Gasteiger partial charge in [-0.15, -0.1) is 0 Å². The summed E-state index contributed by atoms with van der Waals surface area (Å²) >= 11 is 2.26. The van der Waals surface area contributed by atoms with Crippen LogP contribution in [0.2, 0.25) is 0 Å². The fraction of sp³-hybridized carbons (Fsp3) is 1.00. The monoisotopic (exact) mass is 156 g/mol. The third-order valence-electron chi connectivity index (χ3n) is 2.89. The highest BCUT2D eigenvalue weighted by Crippen LogP contribution is 2.64. The predicted octanol–water partition coefficient (Wildman–Crippen LogP) is 3.07. The van der Waals surface area contributed by atoms with Crippen LogP contribution in [0.3, 0.4) is 0 Å². The van der Waals surface area contributed by atoms with E-state index < -0.39 is 0 Å². The van der Waals surface area contributed by atoms with Crippen LogP contribution in [-0.2, 0) is 0 Å². The van der Waals surface area contributed by atoms with Crippen LogP contribution in [0, 0.1) is 5.92 Å². The van der Waals surface area contributed by atoms with E-state index in [1.165, 1.54) is 18.6 Å². The van der Waals surface area contributed by atoms with Crippen molar-refractivity contribution in [3.05, 3.63) is 0 Å². The van der Waals surface area contributed by atoms with Crippen molar-refractivity contribution in [2.45, 2.75) is 43.8 Å². The lowest BCUT2D eigenvalue weighted by atomic mass is 9.55. The average molecular weight is 156 g/mol. The summed E-state index contributed by atoms with van der Waals surface area (Å²) in [4.78, 5) is 0. The largest absolute Gasteiger partial charge is 0.155 e. The molecular formula is C9H16S. The SMILES string of the molecule is CCCCSC12CC(C1)C2. The lowest BCUT2D eigenvalue weighted by Crippen LogP contribution is -2.55. The molecule has 0 aromatic rings. The Morgan fingerprint density at radius 1 is 1.40 bits per heavy atom. The first kappa shape index (κ1) is 7.02. The van der Waals surface area contributed by atoms with Crippen molar-refractivity contribution in [1.82, 2.24) is 0 Å². The molecule has 0 aromatic carbocycles. The van der Waals surface area contributed by atoms with Gasteiger partial charge in [-0.3, -0.25) is 0 Å². The Hall–Kier alpha value is 0.350. The average Bonchev–Trinajstić information content (AvgIpc) is 1.72. The van der Waals surface area contributed by atoms with Gasteiger partial charge in [-0.2, -0.15) is 11.8 Å². The van der Waals surface area contributed by atoms with Gasteiger partial charge in [0.05, 0.1) is 0 Å². The van der Waals surface area contributed by atoms with Gasteiger partial charge < -0.3 is 0 Å². The summed E-state index contributed by atoms with van der Waals surface area (Å²) < 4.78 is 0.833. The van der Waals surface area contributed by atoms with Crippen LogP contribution in [0.4, 0.5) is 0 Å².